The second-order valence-electron chi connectivity index (χ2n) is 8.75. The number of hydrogen-bond acceptors (Lipinski definition) is 7. The van der Waals surface area contributed by atoms with Gasteiger partial charge in [-0.3, -0.25) is 14.4 Å². The molecule has 0 bridgehead atoms. The fourth-order valence-electron chi connectivity index (χ4n) is 5.22. The third-order valence-corrected chi connectivity index (χ3v) is 6.92. The standard InChI is InChI=1S/C20H28N6O3/c1-13-8-17(22-24(13)3)18(27)26-10-15-9-25(16-4-6-28-7-5-16)11-20(15,12-26)19-21-14(2)23-29-19/h8,15-16H,4-7,9-12H2,1-3H3/t15-,20-/m1/s1. The van der Waals surface area contributed by atoms with Crippen molar-refractivity contribution in [3.63, 3.8) is 0 Å². The molecule has 0 saturated carbocycles. The Kier molecular flexibility index (Phi) is 4.47. The smallest absolute Gasteiger partial charge is 0.274 e. The second kappa shape index (κ2) is 6.91. The van der Waals surface area contributed by atoms with Crippen molar-refractivity contribution in [2.24, 2.45) is 13.0 Å². The summed E-state index contributed by atoms with van der Waals surface area (Å²) in [7, 11) is 1.86. The van der Waals surface area contributed by atoms with Gasteiger partial charge >= 0.3 is 0 Å². The molecule has 0 aromatic carbocycles. The van der Waals surface area contributed by atoms with E-state index in [1.807, 2.05) is 31.9 Å². The average Bonchev–Trinajstić information content (AvgIpc) is 3.45. The number of fused-ring (bicyclic) bond motifs is 1. The molecule has 5 heterocycles. The SMILES string of the molecule is Cc1noc([C@]23CN(C(=O)c4cc(C)n(C)n4)C[C@H]2CN(C2CCOCC2)C3)n1. The van der Waals surface area contributed by atoms with Crippen molar-refractivity contribution in [2.45, 2.75) is 38.1 Å². The number of hydrogen-bond donors (Lipinski definition) is 0. The molecule has 5 rings (SSSR count). The molecule has 29 heavy (non-hydrogen) atoms. The van der Waals surface area contributed by atoms with Gasteiger partial charge in [0.05, 0.1) is 5.41 Å². The van der Waals surface area contributed by atoms with Gasteiger partial charge in [0.25, 0.3) is 5.91 Å². The summed E-state index contributed by atoms with van der Waals surface area (Å²) >= 11 is 0. The predicted octanol–water partition coefficient (Wildman–Crippen LogP) is 0.925. The quantitative estimate of drug-likeness (QED) is 0.757. The lowest BCUT2D eigenvalue weighted by molar-refractivity contribution is 0.0368. The van der Waals surface area contributed by atoms with Gasteiger partial charge < -0.3 is 14.2 Å². The minimum Gasteiger partial charge on any atom is -0.381 e. The van der Waals surface area contributed by atoms with E-state index in [4.69, 9.17) is 9.26 Å². The molecule has 0 spiro atoms. The number of aromatic nitrogens is 4. The highest BCUT2D eigenvalue weighted by atomic mass is 16.5. The molecule has 2 atom stereocenters. The van der Waals surface area contributed by atoms with E-state index in [0.717, 1.165) is 44.8 Å². The lowest BCUT2D eigenvalue weighted by Crippen LogP contribution is -2.44. The first-order chi connectivity index (χ1) is 14.0. The molecule has 2 aromatic rings. The summed E-state index contributed by atoms with van der Waals surface area (Å²) in [6.45, 7) is 8.51. The monoisotopic (exact) mass is 400 g/mol. The van der Waals surface area contributed by atoms with Crippen LogP contribution in [0, 0.1) is 19.8 Å². The summed E-state index contributed by atoms with van der Waals surface area (Å²) in [5, 5.41) is 8.44. The van der Waals surface area contributed by atoms with Gasteiger partial charge in [0.1, 0.15) is 0 Å². The zero-order valence-electron chi connectivity index (χ0n) is 17.3. The van der Waals surface area contributed by atoms with Gasteiger partial charge in [0.15, 0.2) is 11.5 Å². The highest BCUT2D eigenvalue weighted by Gasteiger charge is 2.58. The van der Waals surface area contributed by atoms with Crippen molar-refractivity contribution in [2.75, 3.05) is 39.4 Å². The lowest BCUT2D eigenvalue weighted by atomic mass is 9.81. The van der Waals surface area contributed by atoms with Gasteiger partial charge in [-0.05, 0) is 32.8 Å². The second-order valence-corrected chi connectivity index (χ2v) is 8.75. The number of ether oxygens (including phenoxy) is 1. The fraction of sp³-hybridized carbons (Fsp3) is 0.700. The molecule has 9 heteroatoms. The maximum absolute atomic E-state index is 13.2. The van der Waals surface area contributed by atoms with Crippen molar-refractivity contribution < 1.29 is 14.1 Å². The maximum Gasteiger partial charge on any atom is 0.274 e. The van der Waals surface area contributed by atoms with Gasteiger partial charge in [-0.25, -0.2) is 0 Å². The van der Waals surface area contributed by atoms with Crippen LogP contribution in [-0.4, -0.2) is 81.1 Å². The summed E-state index contributed by atoms with van der Waals surface area (Å²) in [5.41, 5.74) is 1.17. The van der Waals surface area contributed by atoms with Crippen LogP contribution in [0.15, 0.2) is 10.6 Å². The van der Waals surface area contributed by atoms with Crippen LogP contribution in [0.1, 0.15) is 40.7 Å². The molecular weight excluding hydrogens is 372 g/mol. The maximum atomic E-state index is 13.2. The molecule has 0 unspecified atom stereocenters. The predicted molar refractivity (Wildman–Crippen MR) is 103 cm³/mol. The van der Waals surface area contributed by atoms with Crippen molar-refractivity contribution in [3.05, 3.63) is 29.2 Å². The summed E-state index contributed by atoms with van der Waals surface area (Å²) in [4.78, 5) is 22.2. The Morgan fingerprint density at radius 2 is 2.00 bits per heavy atom. The number of nitrogens with zero attached hydrogens (tertiary/aromatic N) is 6. The molecule has 1 amide bonds. The van der Waals surface area contributed by atoms with Crippen LogP contribution in [0.3, 0.4) is 0 Å². The summed E-state index contributed by atoms with van der Waals surface area (Å²) in [6.07, 6.45) is 2.11. The number of likely N-dealkylation sites (tertiary alicyclic amines) is 2. The third-order valence-electron chi connectivity index (χ3n) is 6.92. The molecule has 3 aliphatic rings. The van der Waals surface area contributed by atoms with Gasteiger partial charge in [0.2, 0.25) is 5.89 Å². The highest BCUT2D eigenvalue weighted by Crippen LogP contribution is 2.45. The average molecular weight is 400 g/mol. The van der Waals surface area contributed by atoms with Crippen LogP contribution < -0.4 is 0 Å². The molecule has 3 saturated heterocycles. The number of carbonyl (C=O) groups is 1. The van der Waals surface area contributed by atoms with Crippen molar-refractivity contribution in [1.29, 1.82) is 0 Å². The van der Waals surface area contributed by atoms with Crippen LogP contribution >= 0.6 is 0 Å². The number of aryl methyl sites for hydroxylation is 3. The first-order valence-electron chi connectivity index (χ1n) is 10.4. The molecule has 3 fully saturated rings. The Bertz CT molecular complexity index is 898. The van der Waals surface area contributed by atoms with E-state index < -0.39 is 0 Å². The largest absolute Gasteiger partial charge is 0.381 e. The summed E-state index contributed by atoms with van der Waals surface area (Å²) in [6, 6.07) is 2.38. The van der Waals surface area contributed by atoms with E-state index in [1.165, 1.54) is 0 Å². The van der Waals surface area contributed by atoms with E-state index >= 15 is 0 Å². The molecule has 9 nitrogen and oxygen atoms in total. The lowest BCUT2D eigenvalue weighted by Gasteiger charge is -2.33. The van der Waals surface area contributed by atoms with Crippen LogP contribution in [0.4, 0.5) is 0 Å². The van der Waals surface area contributed by atoms with Crippen LogP contribution in [0.5, 0.6) is 0 Å². The van der Waals surface area contributed by atoms with Gasteiger partial charge in [-0.1, -0.05) is 5.16 Å². The van der Waals surface area contributed by atoms with E-state index in [2.05, 4.69) is 20.1 Å². The van der Waals surface area contributed by atoms with Gasteiger partial charge in [-0.15, -0.1) is 0 Å². The zero-order chi connectivity index (χ0) is 20.2. The Hall–Kier alpha value is -2.26. The van der Waals surface area contributed by atoms with Crippen molar-refractivity contribution in [1.82, 2.24) is 29.7 Å². The van der Waals surface area contributed by atoms with Crippen LogP contribution in [0.2, 0.25) is 0 Å². The summed E-state index contributed by atoms with van der Waals surface area (Å²) < 4.78 is 13.0. The number of carbonyl (C=O) groups excluding carboxylic acids is 1. The molecule has 0 aliphatic carbocycles. The third kappa shape index (κ3) is 3.07. The fourth-order valence-corrected chi connectivity index (χ4v) is 5.22. The first kappa shape index (κ1) is 18.7. The Morgan fingerprint density at radius 1 is 1.21 bits per heavy atom. The van der Waals surface area contributed by atoms with E-state index in [9.17, 15) is 4.79 Å². The van der Waals surface area contributed by atoms with Gasteiger partial charge in [0, 0.05) is 64.1 Å². The number of rotatable bonds is 3. The first-order valence-corrected chi connectivity index (χ1v) is 10.4. The molecule has 2 aromatic heterocycles. The van der Waals surface area contributed by atoms with Crippen LogP contribution in [-0.2, 0) is 17.2 Å². The van der Waals surface area contributed by atoms with E-state index in [1.54, 1.807) is 4.68 Å². The minimum atomic E-state index is -0.306. The molecule has 0 radical (unpaired) electrons. The van der Waals surface area contributed by atoms with E-state index in [0.29, 0.717) is 36.5 Å². The van der Waals surface area contributed by atoms with Crippen LogP contribution in [0.25, 0.3) is 0 Å². The van der Waals surface area contributed by atoms with E-state index in [-0.39, 0.29) is 17.2 Å². The number of amides is 1. The Balaban J connectivity index is 1.42. The van der Waals surface area contributed by atoms with Crippen molar-refractivity contribution >= 4 is 5.91 Å². The van der Waals surface area contributed by atoms with Gasteiger partial charge in [-0.2, -0.15) is 10.1 Å². The molecule has 3 aliphatic heterocycles. The Labute approximate surface area is 170 Å². The Morgan fingerprint density at radius 3 is 2.66 bits per heavy atom. The zero-order valence-corrected chi connectivity index (χ0v) is 17.3. The minimum absolute atomic E-state index is 0.0173. The summed E-state index contributed by atoms with van der Waals surface area (Å²) in [5.74, 6) is 1.57. The van der Waals surface area contributed by atoms with Crippen molar-refractivity contribution in [3.8, 4) is 0 Å². The molecule has 156 valence electrons. The molecule has 0 N–H and O–H groups in total. The topological polar surface area (TPSA) is 89.5 Å². The normalized spacial score (nSPS) is 28.2. The highest BCUT2D eigenvalue weighted by molar-refractivity contribution is 5.92. The molecular formula is C20H28N6O3.